The van der Waals surface area contributed by atoms with E-state index in [4.69, 9.17) is 0 Å². The quantitative estimate of drug-likeness (QED) is 0.385. The Bertz CT molecular complexity index is 10.8. The van der Waals surface area contributed by atoms with Crippen LogP contribution in [0.3, 0.4) is 0 Å². The average Bonchev–Trinajstić information content (AvgIpc) is 0.811. The second kappa shape index (κ2) is 2.09. The zero-order chi connectivity index (χ0) is 3.58. The molecule has 0 aromatic carbocycles. The van der Waals surface area contributed by atoms with E-state index in [1.54, 1.807) is 0 Å². The molecule has 1 unspecified atom stereocenters. The lowest BCUT2D eigenvalue weighted by molar-refractivity contribution is 1.47. The van der Waals surface area contributed by atoms with Gasteiger partial charge in [0.1, 0.15) is 0 Å². The zero-order valence-electron chi connectivity index (χ0n) is 2.40. The van der Waals surface area contributed by atoms with Crippen LogP contribution in [0.1, 0.15) is 6.92 Å². The first-order valence-electron chi connectivity index (χ1n) is 1.05. The summed E-state index contributed by atoms with van der Waals surface area (Å²) in [6.07, 6.45) is 0. The molecule has 0 aliphatic carbocycles. The van der Waals surface area contributed by atoms with Crippen molar-refractivity contribution in [2.45, 2.75) is 11.1 Å². The smallest absolute Gasteiger partial charge is 0.0542 e. The highest BCUT2D eigenvalue weighted by atomic mass is 79.9. The molecule has 0 radical (unpaired) electrons. The van der Waals surface area contributed by atoms with Gasteiger partial charge < -0.3 is 0 Å². The predicted octanol–water partition coefficient (Wildman–Crippen LogP) is 1.66. The van der Waals surface area contributed by atoms with Crippen molar-refractivity contribution < 1.29 is 0 Å². The van der Waals surface area contributed by atoms with Crippen LogP contribution >= 0.6 is 28.6 Å². The van der Waals surface area contributed by atoms with Crippen LogP contribution in [0, 0.1) is 0 Å². The first kappa shape index (κ1) is 4.83. The molecule has 4 heavy (non-hydrogen) atoms. The van der Waals surface area contributed by atoms with Crippen molar-refractivity contribution in [2.75, 3.05) is 0 Å². The summed E-state index contributed by atoms with van der Waals surface area (Å²) in [5.41, 5.74) is 0. The molecule has 0 heterocycles. The molecular formula is C2H5BrS. The first-order valence-corrected chi connectivity index (χ1v) is 2.49. The zero-order valence-corrected chi connectivity index (χ0v) is 4.88. The van der Waals surface area contributed by atoms with Crippen molar-refractivity contribution in [3.63, 3.8) is 0 Å². The third kappa shape index (κ3) is 13.8. The molecule has 0 aliphatic rings. The molecule has 0 bridgehead atoms. The van der Waals surface area contributed by atoms with Crippen molar-refractivity contribution in [3.05, 3.63) is 0 Å². The molecule has 2 heteroatoms. The molecule has 0 aromatic rings. The van der Waals surface area contributed by atoms with E-state index in [2.05, 4.69) is 28.6 Å². The van der Waals surface area contributed by atoms with Crippen molar-refractivity contribution in [2.24, 2.45) is 0 Å². The summed E-state index contributed by atoms with van der Waals surface area (Å²) in [6.45, 7) is 1.95. The average molecular weight is 141 g/mol. The minimum Gasteiger partial charge on any atom is -0.165 e. The molecule has 0 saturated heterocycles. The number of thiol groups is 1. The van der Waals surface area contributed by atoms with E-state index >= 15 is 0 Å². The van der Waals surface area contributed by atoms with Crippen LogP contribution in [-0.2, 0) is 0 Å². The number of halogens is 1. The van der Waals surface area contributed by atoms with Gasteiger partial charge in [-0.3, -0.25) is 0 Å². The molecule has 0 N–H and O–H groups in total. The summed E-state index contributed by atoms with van der Waals surface area (Å²) in [7, 11) is 0. The van der Waals surface area contributed by atoms with Crippen LogP contribution in [0.2, 0.25) is 0 Å². The molecule has 0 aromatic heterocycles. The fraction of sp³-hybridized carbons (Fsp3) is 1.00. The Hall–Kier alpha value is 0.830. The van der Waals surface area contributed by atoms with Crippen LogP contribution in [0.25, 0.3) is 0 Å². The number of hydrogen-bond donors (Lipinski definition) is 1. The largest absolute Gasteiger partial charge is 0.165 e. The molecule has 0 aliphatic heterocycles. The fourth-order valence-electron chi connectivity index (χ4n) is 0. The van der Waals surface area contributed by atoms with Crippen LogP contribution in [0.4, 0.5) is 0 Å². The van der Waals surface area contributed by atoms with Gasteiger partial charge in [0.15, 0.2) is 0 Å². The Morgan fingerprint density at radius 3 is 2.00 bits per heavy atom. The van der Waals surface area contributed by atoms with Gasteiger partial charge in [-0.05, 0) is 6.92 Å². The van der Waals surface area contributed by atoms with Gasteiger partial charge in [-0.2, -0.15) is 12.6 Å². The van der Waals surface area contributed by atoms with E-state index in [0.29, 0.717) is 4.16 Å². The summed E-state index contributed by atoms with van der Waals surface area (Å²) in [6, 6.07) is 0. The minimum absolute atomic E-state index is 0.340. The third-order valence-corrected chi connectivity index (χ3v) is 0. The van der Waals surface area contributed by atoms with E-state index < -0.39 is 0 Å². The molecule has 0 nitrogen and oxygen atoms in total. The maximum absolute atomic E-state index is 3.88. The molecular weight excluding hydrogens is 136 g/mol. The lowest BCUT2D eigenvalue weighted by Crippen LogP contribution is -1.62. The molecule has 0 saturated carbocycles. The molecule has 0 rings (SSSR count). The Kier molecular flexibility index (Phi) is 2.52. The van der Waals surface area contributed by atoms with Crippen molar-refractivity contribution in [3.8, 4) is 0 Å². The summed E-state index contributed by atoms with van der Waals surface area (Å²) in [4.78, 5) is 0. The van der Waals surface area contributed by atoms with E-state index in [1.807, 2.05) is 6.92 Å². The topological polar surface area (TPSA) is 0 Å². The van der Waals surface area contributed by atoms with Gasteiger partial charge in [-0.1, -0.05) is 15.9 Å². The van der Waals surface area contributed by atoms with Gasteiger partial charge in [0.2, 0.25) is 0 Å². The second-order valence-electron chi connectivity index (χ2n) is 0.574. The maximum Gasteiger partial charge on any atom is 0.0542 e. The summed E-state index contributed by atoms with van der Waals surface area (Å²) in [5, 5.41) is 0. The van der Waals surface area contributed by atoms with Crippen molar-refractivity contribution in [1.82, 2.24) is 0 Å². The van der Waals surface area contributed by atoms with Crippen LogP contribution in [-0.4, -0.2) is 4.16 Å². The first-order chi connectivity index (χ1) is 1.73. The lowest BCUT2D eigenvalue weighted by Gasteiger charge is -1.75. The van der Waals surface area contributed by atoms with Gasteiger partial charge in [0.05, 0.1) is 4.16 Å². The van der Waals surface area contributed by atoms with Gasteiger partial charge in [-0.25, -0.2) is 0 Å². The molecule has 26 valence electrons. The van der Waals surface area contributed by atoms with Crippen molar-refractivity contribution in [1.29, 1.82) is 0 Å². The normalized spacial score (nSPS) is 15.8. The fourth-order valence-corrected chi connectivity index (χ4v) is 0. The molecule has 0 fully saturated rings. The predicted molar refractivity (Wildman–Crippen MR) is 27.4 cm³/mol. The Morgan fingerprint density at radius 1 is 2.00 bits per heavy atom. The number of hydrogen-bond acceptors (Lipinski definition) is 1. The second-order valence-corrected chi connectivity index (χ2v) is 3.43. The highest BCUT2D eigenvalue weighted by molar-refractivity contribution is 9.11. The highest BCUT2D eigenvalue weighted by Crippen LogP contribution is 1.98. The van der Waals surface area contributed by atoms with Gasteiger partial charge in [-0.15, -0.1) is 0 Å². The SMILES string of the molecule is CC(S)Br. The van der Waals surface area contributed by atoms with Gasteiger partial charge >= 0.3 is 0 Å². The monoisotopic (exact) mass is 140 g/mol. The standard InChI is InChI=1S/C2H5BrS/c1-2(3)4/h2,4H,1H3. The van der Waals surface area contributed by atoms with Gasteiger partial charge in [0, 0.05) is 0 Å². The van der Waals surface area contributed by atoms with Crippen molar-refractivity contribution >= 4 is 28.6 Å². The maximum atomic E-state index is 3.88. The summed E-state index contributed by atoms with van der Waals surface area (Å²) < 4.78 is 0.340. The van der Waals surface area contributed by atoms with Crippen LogP contribution < -0.4 is 0 Å². The summed E-state index contributed by atoms with van der Waals surface area (Å²) >= 11 is 7.02. The van der Waals surface area contributed by atoms with Crippen LogP contribution in [0.15, 0.2) is 0 Å². The highest BCUT2D eigenvalue weighted by Gasteiger charge is 1.71. The van der Waals surface area contributed by atoms with Crippen LogP contribution in [0.5, 0.6) is 0 Å². The number of alkyl halides is 1. The Morgan fingerprint density at radius 2 is 2.00 bits per heavy atom. The Balaban J connectivity index is 2.32. The molecule has 0 spiro atoms. The van der Waals surface area contributed by atoms with E-state index in [1.165, 1.54) is 0 Å². The van der Waals surface area contributed by atoms with E-state index in [9.17, 15) is 0 Å². The molecule has 0 amide bonds. The molecule has 1 atom stereocenters. The minimum atomic E-state index is 0.340. The van der Waals surface area contributed by atoms with E-state index in [-0.39, 0.29) is 0 Å². The van der Waals surface area contributed by atoms with E-state index in [0.717, 1.165) is 0 Å². The van der Waals surface area contributed by atoms with Gasteiger partial charge in [0.25, 0.3) is 0 Å². The lowest BCUT2D eigenvalue weighted by atomic mass is 11.0. The third-order valence-electron chi connectivity index (χ3n) is 0. The Labute approximate surface area is 40.1 Å². The summed E-state index contributed by atoms with van der Waals surface area (Å²) in [5.74, 6) is 0. The number of rotatable bonds is 0.